The molecule has 0 N–H and O–H groups in total. The Kier molecular flexibility index (Phi) is 11.8. The topological polar surface area (TPSA) is 0 Å². The molecule has 2 fully saturated rings. The molecule has 0 heteroatoms. The molecule has 0 saturated heterocycles. The van der Waals surface area contributed by atoms with Crippen molar-refractivity contribution in [1.82, 2.24) is 0 Å². The first-order valence-corrected chi connectivity index (χ1v) is 9.05. The summed E-state index contributed by atoms with van der Waals surface area (Å²) >= 11 is 0. The van der Waals surface area contributed by atoms with E-state index >= 15 is 0 Å². The smallest absolute Gasteiger partial charge is 0.0354 e. The second-order valence-electron chi connectivity index (χ2n) is 7.35. The van der Waals surface area contributed by atoms with Gasteiger partial charge in [0.25, 0.3) is 0 Å². The maximum Gasteiger partial charge on any atom is -0.0354 e. The zero-order chi connectivity index (χ0) is 14.6. The molecule has 0 radical (unpaired) electrons. The van der Waals surface area contributed by atoms with E-state index in [9.17, 15) is 0 Å². The third-order valence-corrected chi connectivity index (χ3v) is 4.52. The zero-order valence-electron chi connectivity index (χ0n) is 14.6. The van der Waals surface area contributed by atoms with E-state index in [1.54, 1.807) is 0 Å². The Morgan fingerprint density at radius 3 is 1.42 bits per heavy atom. The summed E-state index contributed by atoms with van der Waals surface area (Å²) in [5.41, 5.74) is 0.606. The van der Waals surface area contributed by atoms with Gasteiger partial charge in [-0.2, -0.15) is 0 Å². The lowest BCUT2D eigenvalue weighted by molar-refractivity contribution is 0.259. The predicted molar refractivity (Wildman–Crippen MR) is 89.7 cm³/mol. The fourth-order valence-electron chi connectivity index (χ4n) is 3.02. The molecule has 0 aliphatic heterocycles. The zero-order valence-corrected chi connectivity index (χ0v) is 14.6. The van der Waals surface area contributed by atoms with E-state index < -0.39 is 0 Å². The molecule has 116 valence electrons. The van der Waals surface area contributed by atoms with Crippen LogP contribution in [0.15, 0.2) is 0 Å². The maximum absolute atomic E-state index is 2.41. The van der Waals surface area contributed by atoms with Crippen molar-refractivity contribution in [2.75, 3.05) is 0 Å². The molecule has 2 saturated carbocycles. The van der Waals surface area contributed by atoms with Crippen molar-refractivity contribution in [2.45, 2.75) is 112 Å². The largest absolute Gasteiger partial charge is 0.0656 e. The highest BCUT2D eigenvalue weighted by molar-refractivity contribution is 4.75. The summed E-state index contributed by atoms with van der Waals surface area (Å²) in [5.74, 6) is 1.06. The summed E-state index contributed by atoms with van der Waals surface area (Å²) in [6.07, 6.45) is 17.5. The summed E-state index contributed by atoms with van der Waals surface area (Å²) < 4.78 is 0. The Hall–Kier alpha value is 0. The van der Waals surface area contributed by atoms with Crippen molar-refractivity contribution in [3.8, 4) is 0 Å². The lowest BCUT2D eigenvalue weighted by atomic mass is 9.80. The van der Waals surface area contributed by atoms with Crippen LogP contribution in [0.3, 0.4) is 0 Å². The van der Waals surface area contributed by atoms with Crippen LogP contribution in [-0.2, 0) is 0 Å². The van der Waals surface area contributed by atoms with Crippen molar-refractivity contribution >= 4 is 0 Å². The molecule has 0 aromatic heterocycles. The highest BCUT2D eigenvalue weighted by atomic mass is 14.3. The van der Waals surface area contributed by atoms with Gasteiger partial charge in [0.15, 0.2) is 0 Å². The van der Waals surface area contributed by atoms with Gasteiger partial charge in [0.1, 0.15) is 0 Å². The molecule has 0 spiro atoms. The van der Waals surface area contributed by atoms with Crippen LogP contribution in [0.2, 0.25) is 0 Å². The first-order chi connectivity index (χ1) is 9.05. The number of hydrogen-bond acceptors (Lipinski definition) is 0. The van der Waals surface area contributed by atoms with E-state index in [4.69, 9.17) is 0 Å². The summed E-state index contributed by atoms with van der Waals surface area (Å²) in [5, 5.41) is 0. The van der Waals surface area contributed by atoms with E-state index in [0.29, 0.717) is 5.41 Å². The molecular weight excluding hydrogens is 228 g/mol. The second-order valence-corrected chi connectivity index (χ2v) is 7.35. The van der Waals surface area contributed by atoms with Gasteiger partial charge in [-0.3, -0.25) is 0 Å². The number of rotatable bonds is 3. The molecule has 2 aliphatic carbocycles. The van der Waals surface area contributed by atoms with Gasteiger partial charge in [-0.05, 0) is 17.8 Å². The van der Waals surface area contributed by atoms with Crippen LogP contribution in [0.5, 0.6) is 0 Å². The van der Waals surface area contributed by atoms with E-state index in [0.717, 1.165) is 5.92 Å². The normalized spacial score (nSPS) is 19.4. The highest BCUT2D eigenvalue weighted by Crippen LogP contribution is 2.37. The first kappa shape index (κ1) is 19.0. The third kappa shape index (κ3) is 11.5. The van der Waals surface area contributed by atoms with Crippen molar-refractivity contribution in [3.05, 3.63) is 0 Å². The minimum absolute atomic E-state index is 0.606. The molecule has 0 aromatic rings. The molecule has 0 unspecified atom stereocenters. The molecule has 2 rings (SSSR count). The number of hydrogen-bond donors (Lipinski definition) is 0. The summed E-state index contributed by atoms with van der Waals surface area (Å²) in [4.78, 5) is 0. The quantitative estimate of drug-likeness (QED) is 0.501. The highest BCUT2D eigenvalue weighted by Gasteiger charge is 2.23. The molecule has 19 heavy (non-hydrogen) atoms. The molecule has 0 amide bonds. The summed E-state index contributed by atoms with van der Waals surface area (Å²) in [6.45, 7) is 11.4. The van der Waals surface area contributed by atoms with Gasteiger partial charge >= 0.3 is 0 Å². The average molecular weight is 269 g/mol. The van der Waals surface area contributed by atoms with Crippen LogP contribution >= 0.6 is 0 Å². The standard InChI is InChI=1S/C11H22.C5H10.C3H8/c1-4-11(2,3)9-10-7-5-6-8-10;1-2-4-5-3-1;1-3-2/h10H,4-9H2,1-3H3;1-5H2;3H2,1-2H3. The van der Waals surface area contributed by atoms with Gasteiger partial charge < -0.3 is 0 Å². The van der Waals surface area contributed by atoms with Gasteiger partial charge in [-0.25, -0.2) is 0 Å². The lowest BCUT2D eigenvalue weighted by Gasteiger charge is -2.26. The monoisotopic (exact) mass is 268 g/mol. The van der Waals surface area contributed by atoms with Crippen LogP contribution in [0.25, 0.3) is 0 Å². The molecule has 0 bridgehead atoms. The molecular formula is C19H40. The van der Waals surface area contributed by atoms with Gasteiger partial charge in [0.05, 0.1) is 0 Å². The van der Waals surface area contributed by atoms with Crippen LogP contribution in [-0.4, -0.2) is 0 Å². The Morgan fingerprint density at radius 1 is 0.737 bits per heavy atom. The molecule has 0 nitrogen and oxygen atoms in total. The SMILES string of the molecule is C1CCCC1.CCC.CCC(C)(C)CC1CCCC1. The van der Waals surface area contributed by atoms with E-state index in [2.05, 4.69) is 34.6 Å². The van der Waals surface area contributed by atoms with Gasteiger partial charge in [0, 0.05) is 0 Å². The van der Waals surface area contributed by atoms with Gasteiger partial charge in [0.2, 0.25) is 0 Å². The maximum atomic E-state index is 2.41. The molecule has 0 heterocycles. The Bertz CT molecular complexity index is 163. The molecule has 0 atom stereocenters. The van der Waals surface area contributed by atoms with Gasteiger partial charge in [-0.1, -0.05) is 105 Å². The van der Waals surface area contributed by atoms with Crippen molar-refractivity contribution in [3.63, 3.8) is 0 Å². The van der Waals surface area contributed by atoms with Crippen LogP contribution in [0.4, 0.5) is 0 Å². The second kappa shape index (κ2) is 11.8. The fraction of sp³-hybridized carbons (Fsp3) is 1.00. The summed E-state index contributed by atoms with van der Waals surface area (Å²) in [7, 11) is 0. The van der Waals surface area contributed by atoms with E-state index in [1.807, 2.05) is 0 Å². The Labute approximate surface area is 123 Å². The van der Waals surface area contributed by atoms with Gasteiger partial charge in [-0.15, -0.1) is 0 Å². The molecule has 2 aliphatic rings. The van der Waals surface area contributed by atoms with Crippen LogP contribution in [0, 0.1) is 11.3 Å². The fourth-order valence-corrected chi connectivity index (χ4v) is 3.02. The van der Waals surface area contributed by atoms with Crippen molar-refractivity contribution < 1.29 is 0 Å². The van der Waals surface area contributed by atoms with Crippen molar-refractivity contribution in [2.24, 2.45) is 11.3 Å². The van der Waals surface area contributed by atoms with Crippen molar-refractivity contribution in [1.29, 1.82) is 0 Å². The van der Waals surface area contributed by atoms with E-state index in [1.165, 1.54) is 77.0 Å². The lowest BCUT2D eigenvalue weighted by Crippen LogP contribution is -2.14. The Balaban J connectivity index is 0.000000334. The van der Waals surface area contributed by atoms with Crippen LogP contribution < -0.4 is 0 Å². The third-order valence-electron chi connectivity index (χ3n) is 4.52. The molecule has 0 aromatic carbocycles. The Morgan fingerprint density at radius 2 is 1.11 bits per heavy atom. The first-order valence-electron chi connectivity index (χ1n) is 9.05. The summed E-state index contributed by atoms with van der Waals surface area (Å²) in [6, 6.07) is 0. The average Bonchev–Trinajstić information content (AvgIpc) is 3.04. The van der Waals surface area contributed by atoms with Crippen LogP contribution in [0.1, 0.15) is 112 Å². The predicted octanol–water partition coefficient (Wildman–Crippen LogP) is 7.37. The minimum atomic E-state index is 0.606. The minimum Gasteiger partial charge on any atom is -0.0656 e. The van der Waals surface area contributed by atoms with E-state index in [-0.39, 0.29) is 0 Å².